The molecule has 1 aromatic rings. The Kier molecular flexibility index (Phi) is 7.09. The third-order valence-electron chi connectivity index (χ3n) is 10.5. The molecule has 5 rings (SSSR count). The Labute approximate surface area is 217 Å². The van der Waals surface area contributed by atoms with Crippen LogP contribution >= 0.6 is 0 Å². The van der Waals surface area contributed by atoms with Crippen LogP contribution in [-0.2, 0) is 14.3 Å². The second-order valence-electron chi connectivity index (χ2n) is 12.9. The molecule has 4 nitrogen and oxygen atoms in total. The Morgan fingerprint density at radius 2 is 1.75 bits per heavy atom. The van der Waals surface area contributed by atoms with Crippen LogP contribution in [0.2, 0.25) is 0 Å². The molecule has 7 unspecified atom stereocenters. The van der Waals surface area contributed by atoms with Crippen LogP contribution in [0.25, 0.3) is 0 Å². The highest BCUT2D eigenvalue weighted by Crippen LogP contribution is 2.65. The predicted molar refractivity (Wildman–Crippen MR) is 141 cm³/mol. The summed E-state index contributed by atoms with van der Waals surface area (Å²) in [5.41, 5.74) is 2.46. The number of carbonyl (C=O) groups is 2. The standard InChI is InChI=1S/C32H44O4/c1-21(2)10-15-29(33)35-24-16-18-31(3)23(20-24)11-12-25-26-13-14-28(32(26,4)19-17-27(25)31)36-30(34)22-8-6-5-7-9-22/h5-9,11,21,24-28H,10,12-20H2,1-4H3. The SMILES string of the molecule is CC(C)CCC(=O)OC1CCC2(C)C(=CCC3C2CCC2(C)C(OC(=O)c4ccccc4)CCC32)C1. The summed E-state index contributed by atoms with van der Waals surface area (Å²) >= 11 is 0. The van der Waals surface area contributed by atoms with Gasteiger partial charge in [-0.15, -0.1) is 0 Å². The molecule has 0 bridgehead atoms. The lowest BCUT2D eigenvalue weighted by Crippen LogP contribution is -2.51. The van der Waals surface area contributed by atoms with E-state index in [2.05, 4.69) is 33.8 Å². The predicted octanol–water partition coefficient (Wildman–Crippen LogP) is 7.52. The van der Waals surface area contributed by atoms with Crippen LogP contribution in [0.4, 0.5) is 0 Å². The highest BCUT2D eigenvalue weighted by molar-refractivity contribution is 5.89. The average Bonchev–Trinajstić information content (AvgIpc) is 3.19. The van der Waals surface area contributed by atoms with Gasteiger partial charge in [0.05, 0.1) is 5.56 Å². The van der Waals surface area contributed by atoms with E-state index in [1.165, 1.54) is 12.0 Å². The quantitative estimate of drug-likeness (QED) is 0.304. The molecule has 0 spiro atoms. The highest BCUT2D eigenvalue weighted by Gasteiger charge is 2.59. The molecule has 4 heteroatoms. The number of allylic oxidation sites excluding steroid dienone is 1. The first-order valence-electron chi connectivity index (χ1n) is 14.4. The lowest BCUT2D eigenvalue weighted by Gasteiger charge is -2.57. The normalized spacial score (nSPS) is 37.4. The Morgan fingerprint density at radius 1 is 0.972 bits per heavy atom. The van der Waals surface area contributed by atoms with Crippen LogP contribution in [-0.4, -0.2) is 24.1 Å². The molecule has 3 fully saturated rings. The number of hydrogen-bond acceptors (Lipinski definition) is 4. The van der Waals surface area contributed by atoms with Crippen LogP contribution in [0, 0.1) is 34.5 Å². The Hall–Kier alpha value is -2.10. The van der Waals surface area contributed by atoms with E-state index < -0.39 is 0 Å². The summed E-state index contributed by atoms with van der Waals surface area (Å²) in [5.74, 6) is 2.26. The minimum Gasteiger partial charge on any atom is -0.462 e. The second-order valence-corrected chi connectivity index (χ2v) is 12.9. The van der Waals surface area contributed by atoms with E-state index in [0.717, 1.165) is 51.4 Å². The smallest absolute Gasteiger partial charge is 0.338 e. The van der Waals surface area contributed by atoms with Gasteiger partial charge in [0, 0.05) is 18.3 Å². The number of carbonyl (C=O) groups excluding carboxylic acids is 2. The zero-order valence-corrected chi connectivity index (χ0v) is 22.6. The maximum Gasteiger partial charge on any atom is 0.338 e. The summed E-state index contributed by atoms with van der Waals surface area (Å²) in [4.78, 5) is 25.2. The number of fused-ring (bicyclic) bond motifs is 5. The van der Waals surface area contributed by atoms with Crippen LogP contribution in [0.5, 0.6) is 0 Å². The van der Waals surface area contributed by atoms with E-state index in [0.29, 0.717) is 35.7 Å². The van der Waals surface area contributed by atoms with Crippen molar-refractivity contribution in [2.24, 2.45) is 34.5 Å². The number of ether oxygens (including phenoxy) is 2. The molecular weight excluding hydrogens is 448 g/mol. The third kappa shape index (κ3) is 4.65. The maximum atomic E-state index is 12.9. The van der Waals surface area contributed by atoms with Gasteiger partial charge in [-0.1, -0.05) is 57.5 Å². The molecule has 0 aliphatic heterocycles. The van der Waals surface area contributed by atoms with Crippen LogP contribution < -0.4 is 0 Å². The van der Waals surface area contributed by atoms with Gasteiger partial charge in [-0.3, -0.25) is 4.79 Å². The van der Waals surface area contributed by atoms with Gasteiger partial charge in [0.15, 0.2) is 0 Å². The molecule has 7 atom stereocenters. The van der Waals surface area contributed by atoms with Gasteiger partial charge < -0.3 is 9.47 Å². The van der Waals surface area contributed by atoms with E-state index in [1.807, 2.05) is 30.3 Å². The minimum absolute atomic E-state index is 0.00956. The molecule has 196 valence electrons. The first kappa shape index (κ1) is 25.5. The Balaban J connectivity index is 1.25. The molecule has 4 aliphatic rings. The number of hydrogen-bond donors (Lipinski definition) is 0. The van der Waals surface area contributed by atoms with Crippen molar-refractivity contribution in [3.8, 4) is 0 Å². The van der Waals surface area contributed by atoms with Crippen molar-refractivity contribution in [2.45, 2.75) is 104 Å². The summed E-state index contributed by atoms with van der Waals surface area (Å²) < 4.78 is 12.1. The van der Waals surface area contributed by atoms with E-state index >= 15 is 0 Å². The number of esters is 2. The van der Waals surface area contributed by atoms with Crippen molar-refractivity contribution in [3.05, 3.63) is 47.5 Å². The summed E-state index contributed by atoms with van der Waals surface area (Å²) in [6.45, 7) is 9.17. The van der Waals surface area contributed by atoms with Crippen LogP contribution in [0.3, 0.4) is 0 Å². The molecular formula is C32H44O4. The maximum absolute atomic E-state index is 12.9. The molecule has 0 saturated heterocycles. The molecule has 1 aromatic carbocycles. The Bertz CT molecular complexity index is 997. The van der Waals surface area contributed by atoms with Crippen molar-refractivity contribution in [1.29, 1.82) is 0 Å². The average molecular weight is 493 g/mol. The highest BCUT2D eigenvalue weighted by atomic mass is 16.5. The molecule has 36 heavy (non-hydrogen) atoms. The first-order valence-corrected chi connectivity index (χ1v) is 14.4. The summed E-state index contributed by atoms with van der Waals surface area (Å²) in [7, 11) is 0. The largest absolute Gasteiger partial charge is 0.462 e. The van der Waals surface area contributed by atoms with Crippen molar-refractivity contribution in [3.63, 3.8) is 0 Å². The second kappa shape index (κ2) is 9.99. The molecule has 0 heterocycles. The summed E-state index contributed by atoms with van der Waals surface area (Å²) in [5, 5.41) is 0. The van der Waals surface area contributed by atoms with Crippen molar-refractivity contribution in [2.75, 3.05) is 0 Å². The topological polar surface area (TPSA) is 52.6 Å². The fourth-order valence-electron chi connectivity index (χ4n) is 8.30. The minimum atomic E-state index is -0.177. The fraction of sp³-hybridized carbons (Fsp3) is 0.688. The van der Waals surface area contributed by atoms with Gasteiger partial charge >= 0.3 is 11.9 Å². The molecule has 0 aromatic heterocycles. The molecule has 0 radical (unpaired) electrons. The lowest BCUT2D eigenvalue weighted by molar-refractivity contribution is -0.151. The van der Waals surface area contributed by atoms with E-state index in [9.17, 15) is 9.59 Å². The van der Waals surface area contributed by atoms with Crippen molar-refractivity contribution < 1.29 is 19.1 Å². The van der Waals surface area contributed by atoms with Gasteiger partial charge in [-0.25, -0.2) is 4.79 Å². The lowest BCUT2D eigenvalue weighted by atomic mass is 9.48. The van der Waals surface area contributed by atoms with Gasteiger partial charge in [-0.2, -0.15) is 0 Å². The number of benzene rings is 1. The van der Waals surface area contributed by atoms with E-state index in [-0.39, 0.29) is 35.0 Å². The fourth-order valence-corrected chi connectivity index (χ4v) is 8.30. The van der Waals surface area contributed by atoms with Gasteiger partial charge in [0.25, 0.3) is 0 Å². The molecule has 3 saturated carbocycles. The van der Waals surface area contributed by atoms with Crippen molar-refractivity contribution >= 4 is 11.9 Å². The van der Waals surface area contributed by atoms with Crippen LogP contribution in [0.15, 0.2) is 42.0 Å². The van der Waals surface area contributed by atoms with E-state index in [4.69, 9.17) is 9.47 Å². The Morgan fingerprint density at radius 3 is 2.50 bits per heavy atom. The van der Waals surface area contributed by atoms with Crippen LogP contribution in [0.1, 0.15) is 102 Å². The zero-order valence-electron chi connectivity index (χ0n) is 22.6. The first-order chi connectivity index (χ1) is 17.2. The van der Waals surface area contributed by atoms with E-state index in [1.54, 1.807) is 0 Å². The zero-order chi connectivity index (χ0) is 25.5. The van der Waals surface area contributed by atoms with Gasteiger partial charge in [0.1, 0.15) is 12.2 Å². The third-order valence-corrected chi connectivity index (χ3v) is 10.5. The molecule has 0 amide bonds. The van der Waals surface area contributed by atoms with Gasteiger partial charge in [-0.05, 0) is 92.6 Å². The number of rotatable bonds is 6. The van der Waals surface area contributed by atoms with Gasteiger partial charge in [0.2, 0.25) is 0 Å². The molecule has 0 N–H and O–H groups in total. The summed E-state index contributed by atoms with van der Waals surface area (Å²) in [6, 6.07) is 9.42. The molecule has 4 aliphatic carbocycles. The summed E-state index contributed by atoms with van der Waals surface area (Å²) in [6.07, 6.45) is 12.6. The monoisotopic (exact) mass is 492 g/mol. The van der Waals surface area contributed by atoms with Crippen molar-refractivity contribution in [1.82, 2.24) is 0 Å².